The lowest BCUT2D eigenvalue weighted by molar-refractivity contribution is -0.137. The second-order valence-electron chi connectivity index (χ2n) is 9.32. The SMILES string of the molecule is CCNC(=NCCN1CCN(C(=O)C2CCCC2)CC1)NC1CCN(c2ccccc2)C1. The van der Waals surface area contributed by atoms with Crippen LogP contribution in [0.2, 0.25) is 0 Å². The number of hydrogen-bond donors (Lipinski definition) is 2. The van der Waals surface area contributed by atoms with E-state index in [1.165, 1.54) is 18.5 Å². The third-order valence-corrected chi connectivity index (χ3v) is 7.07. The van der Waals surface area contributed by atoms with Crippen LogP contribution < -0.4 is 15.5 Å². The Labute approximate surface area is 193 Å². The van der Waals surface area contributed by atoms with Gasteiger partial charge in [-0.25, -0.2) is 0 Å². The molecule has 0 aromatic heterocycles. The molecule has 1 unspecified atom stereocenters. The largest absolute Gasteiger partial charge is 0.369 e. The molecule has 176 valence electrons. The molecule has 7 nitrogen and oxygen atoms in total. The quantitative estimate of drug-likeness (QED) is 0.503. The van der Waals surface area contributed by atoms with Crippen LogP contribution in [-0.2, 0) is 4.79 Å². The highest BCUT2D eigenvalue weighted by Crippen LogP contribution is 2.27. The Kier molecular flexibility index (Phi) is 8.26. The van der Waals surface area contributed by atoms with Gasteiger partial charge < -0.3 is 20.4 Å². The number of aliphatic imine (C=N–C) groups is 1. The average molecular weight is 441 g/mol. The van der Waals surface area contributed by atoms with Gasteiger partial charge in [-0.15, -0.1) is 0 Å². The molecule has 7 heteroatoms. The Bertz CT molecular complexity index is 740. The van der Waals surface area contributed by atoms with E-state index in [0.29, 0.717) is 17.9 Å². The molecule has 2 N–H and O–H groups in total. The van der Waals surface area contributed by atoms with Crippen LogP contribution in [0.15, 0.2) is 35.3 Å². The van der Waals surface area contributed by atoms with Crippen LogP contribution in [0, 0.1) is 5.92 Å². The molecule has 0 bridgehead atoms. The minimum atomic E-state index is 0.299. The minimum Gasteiger partial charge on any atom is -0.369 e. The monoisotopic (exact) mass is 440 g/mol. The van der Waals surface area contributed by atoms with Gasteiger partial charge in [0, 0.05) is 70.0 Å². The lowest BCUT2D eigenvalue weighted by atomic mass is 10.1. The average Bonchev–Trinajstić information content (AvgIpc) is 3.52. The molecule has 2 aliphatic heterocycles. The lowest BCUT2D eigenvalue weighted by Gasteiger charge is -2.35. The summed E-state index contributed by atoms with van der Waals surface area (Å²) in [5.41, 5.74) is 1.30. The van der Waals surface area contributed by atoms with Crippen LogP contribution >= 0.6 is 0 Å². The van der Waals surface area contributed by atoms with E-state index in [1.54, 1.807) is 0 Å². The summed E-state index contributed by atoms with van der Waals surface area (Å²) in [5.74, 6) is 1.62. The summed E-state index contributed by atoms with van der Waals surface area (Å²) in [6, 6.07) is 11.1. The first kappa shape index (κ1) is 22.9. The van der Waals surface area contributed by atoms with Gasteiger partial charge in [-0.1, -0.05) is 31.0 Å². The second kappa shape index (κ2) is 11.5. The van der Waals surface area contributed by atoms with Gasteiger partial charge in [-0.05, 0) is 38.3 Å². The van der Waals surface area contributed by atoms with Gasteiger partial charge in [0.05, 0.1) is 6.54 Å². The van der Waals surface area contributed by atoms with Crippen molar-refractivity contribution in [3.05, 3.63) is 30.3 Å². The Balaban J connectivity index is 1.19. The molecule has 1 aliphatic carbocycles. The molecule has 3 fully saturated rings. The summed E-state index contributed by atoms with van der Waals surface area (Å²) in [5, 5.41) is 7.04. The van der Waals surface area contributed by atoms with E-state index in [4.69, 9.17) is 4.99 Å². The summed E-state index contributed by atoms with van der Waals surface area (Å²) < 4.78 is 0. The topological polar surface area (TPSA) is 63.2 Å². The number of nitrogens with zero attached hydrogens (tertiary/aromatic N) is 4. The van der Waals surface area contributed by atoms with Crippen LogP contribution in [0.3, 0.4) is 0 Å². The molecule has 1 amide bonds. The van der Waals surface area contributed by atoms with Gasteiger partial charge in [0.25, 0.3) is 0 Å². The van der Waals surface area contributed by atoms with Gasteiger partial charge in [-0.3, -0.25) is 14.7 Å². The van der Waals surface area contributed by atoms with Crippen LogP contribution in [0.4, 0.5) is 5.69 Å². The minimum absolute atomic E-state index is 0.299. The zero-order valence-corrected chi connectivity index (χ0v) is 19.6. The van der Waals surface area contributed by atoms with Crippen molar-refractivity contribution in [2.45, 2.75) is 45.1 Å². The molecular formula is C25H40N6O. The van der Waals surface area contributed by atoms with Gasteiger partial charge in [0.15, 0.2) is 5.96 Å². The number of carbonyl (C=O) groups is 1. The van der Waals surface area contributed by atoms with Crippen LogP contribution in [0.1, 0.15) is 39.0 Å². The van der Waals surface area contributed by atoms with Gasteiger partial charge in [0.2, 0.25) is 5.91 Å². The molecule has 0 radical (unpaired) electrons. The molecule has 4 rings (SSSR count). The maximum absolute atomic E-state index is 12.6. The summed E-state index contributed by atoms with van der Waals surface area (Å²) in [6.45, 7) is 10.5. The number of anilines is 1. The van der Waals surface area contributed by atoms with E-state index in [2.05, 4.69) is 62.6 Å². The number of benzene rings is 1. The fourth-order valence-electron chi connectivity index (χ4n) is 5.19. The zero-order valence-electron chi connectivity index (χ0n) is 19.6. The van der Waals surface area contributed by atoms with E-state index in [1.807, 2.05) is 0 Å². The van der Waals surface area contributed by atoms with Gasteiger partial charge >= 0.3 is 0 Å². The molecule has 1 saturated carbocycles. The van der Waals surface area contributed by atoms with Crippen molar-refractivity contribution in [2.24, 2.45) is 10.9 Å². The van der Waals surface area contributed by atoms with E-state index in [9.17, 15) is 4.79 Å². The first-order valence-corrected chi connectivity index (χ1v) is 12.6. The molecule has 1 aromatic carbocycles. The maximum atomic E-state index is 12.6. The highest BCUT2D eigenvalue weighted by Gasteiger charge is 2.29. The Morgan fingerprint density at radius 1 is 1.03 bits per heavy atom. The predicted octanol–water partition coefficient (Wildman–Crippen LogP) is 2.15. The van der Waals surface area contributed by atoms with E-state index in [0.717, 1.165) is 84.1 Å². The summed E-state index contributed by atoms with van der Waals surface area (Å²) in [7, 11) is 0. The first-order valence-electron chi connectivity index (χ1n) is 12.6. The Morgan fingerprint density at radius 3 is 2.50 bits per heavy atom. The van der Waals surface area contributed by atoms with Crippen LogP contribution in [-0.4, -0.2) is 86.6 Å². The number of nitrogens with one attached hydrogen (secondary N) is 2. The summed E-state index contributed by atoms with van der Waals surface area (Å²) >= 11 is 0. The third-order valence-electron chi connectivity index (χ3n) is 7.07. The Morgan fingerprint density at radius 2 is 1.78 bits per heavy atom. The molecule has 2 heterocycles. The normalized spacial score (nSPS) is 23.0. The number of guanidine groups is 1. The van der Waals surface area contributed by atoms with Gasteiger partial charge in [-0.2, -0.15) is 0 Å². The number of para-hydroxylation sites is 1. The summed E-state index contributed by atoms with van der Waals surface area (Å²) in [6.07, 6.45) is 5.76. The first-order chi connectivity index (χ1) is 15.7. The smallest absolute Gasteiger partial charge is 0.225 e. The standard InChI is InChI=1S/C25H40N6O/c1-2-26-25(28-22-12-14-31(20-22)23-10-4-3-5-11-23)27-13-15-29-16-18-30(19-17-29)24(32)21-8-6-7-9-21/h3-5,10-11,21-22H,2,6-9,12-20H2,1H3,(H2,26,27,28). The maximum Gasteiger partial charge on any atom is 0.225 e. The van der Waals surface area contributed by atoms with Crippen molar-refractivity contribution >= 4 is 17.6 Å². The molecule has 2 saturated heterocycles. The fraction of sp³-hybridized carbons (Fsp3) is 0.680. The number of rotatable bonds is 7. The van der Waals surface area contributed by atoms with Crippen molar-refractivity contribution in [3.8, 4) is 0 Å². The second-order valence-corrected chi connectivity index (χ2v) is 9.32. The van der Waals surface area contributed by atoms with Crippen molar-refractivity contribution < 1.29 is 4.79 Å². The summed E-state index contributed by atoms with van der Waals surface area (Å²) in [4.78, 5) is 24.4. The number of carbonyl (C=O) groups excluding carboxylic acids is 1. The molecule has 3 aliphatic rings. The third kappa shape index (κ3) is 6.15. The number of hydrogen-bond acceptors (Lipinski definition) is 4. The molecule has 1 atom stereocenters. The van der Waals surface area contributed by atoms with Crippen LogP contribution in [0.25, 0.3) is 0 Å². The van der Waals surface area contributed by atoms with E-state index < -0.39 is 0 Å². The Hall–Kier alpha value is -2.28. The molecule has 0 spiro atoms. The van der Waals surface area contributed by atoms with Crippen LogP contribution in [0.5, 0.6) is 0 Å². The highest BCUT2D eigenvalue weighted by atomic mass is 16.2. The van der Waals surface area contributed by atoms with Gasteiger partial charge in [0.1, 0.15) is 0 Å². The van der Waals surface area contributed by atoms with Crippen molar-refractivity contribution in [3.63, 3.8) is 0 Å². The van der Waals surface area contributed by atoms with E-state index >= 15 is 0 Å². The molecule has 1 aromatic rings. The number of amides is 1. The van der Waals surface area contributed by atoms with Crippen molar-refractivity contribution in [2.75, 3.05) is 63.8 Å². The van der Waals surface area contributed by atoms with Crippen molar-refractivity contribution in [1.29, 1.82) is 0 Å². The predicted molar refractivity (Wildman–Crippen MR) is 131 cm³/mol. The fourth-order valence-corrected chi connectivity index (χ4v) is 5.19. The van der Waals surface area contributed by atoms with E-state index in [-0.39, 0.29) is 0 Å². The number of piperazine rings is 1. The molecular weight excluding hydrogens is 400 g/mol. The highest BCUT2D eigenvalue weighted by molar-refractivity contribution is 5.80. The zero-order chi connectivity index (χ0) is 22.2. The molecule has 32 heavy (non-hydrogen) atoms. The lowest BCUT2D eigenvalue weighted by Crippen LogP contribution is -2.50. The van der Waals surface area contributed by atoms with Crippen molar-refractivity contribution in [1.82, 2.24) is 20.4 Å².